The molecule has 32 heavy (non-hydrogen) atoms. The van der Waals surface area contributed by atoms with Gasteiger partial charge >= 0.3 is 6.03 Å². The van der Waals surface area contributed by atoms with Crippen LogP contribution in [0, 0.1) is 0 Å². The molecule has 0 radical (unpaired) electrons. The molecule has 0 unspecified atom stereocenters. The molecule has 1 aliphatic rings. The molecule has 0 spiro atoms. The molecule has 0 aromatic heterocycles. The van der Waals surface area contributed by atoms with Gasteiger partial charge in [0, 0.05) is 31.9 Å². The lowest BCUT2D eigenvalue weighted by molar-refractivity contribution is 0.126. The van der Waals surface area contributed by atoms with Gasteiger partial charge in [-0.15, -0.1) is 0 Å². The first-order valence-corrected chi connectivity index (χ1v) is 11.3. The molecule has 1 saturated heterocycles. The van der Waals surface area contributed by atoms with Gasteiger partial charge in [-0.2, -0.15) is 0 Å². The van der Waals surface area contributed by atoms with Crippen molar-refractivity contribution in [2.45, 2.75) is 26.0 Å². The highest BCUT2D eigenvalue weighted by molar-refractivity contribution is 5.89. The minimum atomic E-state index is -0.0573. The summed E-state index contributed by atoms with van der Waals surface area (Å²) >= 11 is 0. The Morgan fingerprint density at radius 3 is 1.81 bits per heavy atom. The molecule has 3 aromatic carbocycles. The van der Waals surface area contributed by atoms with E-state index in [0.717, 1.165) is 24.5 Å². The summed E-state index contributed by atoms with van der Waals surface area (Å²) in [5.74, 6) is 0.805. The van der Waals surface area contributed by atoms with Gasteiger partial charge in [0.05, 0.1) is 12.1 Å². The lowest BCUT2D eigenvalue weighted by Gasteiger charge is -2.39. The first-order valence-electron chi connectivity index (χ1n) is 11.3. The van der Waals surface area contributed by atoms with Gasteiger partial charge in [0.2, 0.25) is 0 Å². The molecular formula is C27H31N3O2. The Morgan fingerprint density at radius 2 is 1.31 bits per heavy atom. The van der Waals surface area contributed by atoms with E-state index >= 15 is 0 Å². The van der Waals surface area contributed by atoms with E-state index in [2.05, 4.69) is 70.9 Å². The number of hydrogen-bond donors (Lipinski definition) is 1. The molecule has 4 rings (SSSR count). The smallest absolute Gasteiger partial charge is 0.321 e. The molecule has 2 amide bonds. The number of nitrogens with one attached hydrogen (secondary N) is 1. The Labute approximate surface area is 190 Å². The molecule has 0 saturated carbocycles. The summed E-state index contributed by atoms with van der Waals surface area (Å²) in [6.45, 7) is 7.02. The average Bonchev–Trinajstić information content (AvgIpc) is 2.82. The molecule has 166 valence electrons. The summed E-state index contributed by atoms with van der Waals surface area (Å²) in [6, 6.07) is 28.9. The zero-order valence-corrected chi connectivity index (χ0v) is 18.8. The van der Waals surface area contributed by atoms with E-state index in [0.29, 0.717) is 13.1 Å². The van der Waals surface area contributed by atoms with Crippen molar-refractivity contribution in [3.05, 3.63) is 96.1 Å². The fourth-order valence-corrected chi connectivity index (χ4v) is 4.16. The molecule has 1 heterocycles. The summed E-state index contributed by atoms with van der Waals surface area (Å²) < 4.78 is 5.67. The third-order valence-electron chi connectivity index (χ3n) is 5.67. The van der Waals surface area contributed by atoms with Crippen molar-refractivity contribution >= 4 is 11.7 Å². The number of ether oxygens (including phenoxy) is 1. The highest BCUT2D eigenvalue weighted by atomic mass is 16.5. The minimum Gasteiger partial charge on any atom is -0.491 e. The van der Waals surface area contributed by atoms with Gasteiger partial charge in [0.15, 0.2) is 0 Å². The van der Waals surface area contributed by atoms with Crippen LogP contribution in [0.2, 0.25) is 0 Å². The molecule has 5 heteroatoms. The van der Waals surface area contributed by atoms with E-state index in [1.165, 1.54) is 11.1 Å². The fourth-order valence-electron chi connectivity index (χ4n) is 4.16. The van der Waals surface area contributed by atoms with Gasteiger partial charge in [-0.1, -0.05) is 60.7 Å². The predicted molar refractivity (Wildman–Crippen MR) is 129 cm³/mol. The number of hydrogen-bond acceptors (Lipinski definition) is 3. The van der Waals surface area contributed by atoms with Crippen LogP contribution >= 0.6 is 0 Å². The minimum absolute atomic E-state index is 0.0573. The largest absolute Gasteiger partial charge is 0.491 e. The van der Waals surface area contributed by atoms with Crippen LogP contribution in [0.15, 0.2) is 84.9 Å². The Hall–Kier alpha value is -3.31. The second kappa shape index (κ2) is 10.3. The van der Waals surface area contributed by atoms with E-state index < -0.39 is 0 Å². The third-order valence-corrected chi connectivity index (χ3v) is 5.67. The van der Waals surface area contributed by atoms with Crippen molar-refractivity contribution < 1.29 is 9.53 Å². The number of carbonyl (C=O) groups is 1. The maximum absolute atomic E-state index is 12.8. The highest BCUT2D eigenvalue weighted by Gasteiger charge is 2.28. The van der Waals surface area contributed by atoms with Gasteiger partial charge in [-0.05, 0) is 49.2 Å². The van der Waals surface area contributed by atoms with Crippen LogP contribution in [0.4, 0.5) is 10.5 Å². The zero-order chi connectivity index (χ0) is 22.3. The van der Waals surface area contributed by atoms with Crippen molar-refractivity contribution in [3.63, 3.8) is 0 Å². The number of urea groups is 1. The Morgan fingerprint density at radius 1 is 0.781 bits per heavy atom. The second-order valence-electron chi connectivity index (χ2n) is 8.37. The topological polar surface area (TPSA) is 44.8 Å². The number of benzene rings is 3. The number of nitrogens with zero attached hydrogens (tertiary/aromatic N) is 2. The van der Waals surface area contributed by atoms with Crippen molar-refractivity contribution in [2.75, 3.05) is 31.5 Å². The molecule has 0 aliphatic carbocycles. The van der Waals surface area contributed by atoms with Crippen LogP contribution in [0.1, 0.15) is 31.0 Å². The number of anilines is 1. The van der Waals surface area contributed by atoms with E-state index in [1.54, 1.807) is 0 Å². The molecule has 0 atom stereocenters. The van der Waals surface area contributed by atoms with Crippen molar-refractivity contribution in [1.29, 1.82) is 0 Å². The average molecular weight is 430 g/mol. The monoisotopic (exact) mass is 429 g/mol. The van der Waals surface area contributed by atoms with Gasteiger partial charge in [-0.25, -0.2) is 4.79 Å². The van der Waals surface area contributed by atoms with Gasteiger partial charge in [0.1, 0.15) is 5.75 Å². The standard InChI is InChI=1S/C27H31N3O2/c1-21(2)32-25-15-13-24(14-16-25)28-27(31)30-19-17-29(18-20-30)26(22-9-5-3-6-10-22)23-11-7-4-8-12-23/h3-16,21,26H,17-20H2,1-2H3,(H,28,31). The van der Waals surface area contributed by atoms with Gasteiger partial charge < -0.3 is 15.0 Å². The van der Waals surface area contributed by atoms with E-state index in [1.807, 2.05) is 43.0 Å². The van der Waals surface area contributed by atoms with Crippen LogP contribution in [0.3, 0.4) is 0 Å². The number of amides is 2. The van der Waals surface area contributed by atoms with Crippen LogP contribution in [0.5, 0.6) is 5.75 Å². The van der Waals surface area contributed by atoms with Crippen molar-refractivity contribution in [2.24, 2.45) is 0 Å². The Balaban J connectivity index is 1.38. The van der Waals surface area contributed by atoms with E-state index in [4.69, 9.17) is 4.74 Å². The van der Waals surface area contributed by atoms with Gasteiger partial charge in [-0.3, -0.25) is 4.90 Å². The zero-order valence-electron chi connectivity index (χ0n) is 18.8. The highest BCUT2D eigenvalue weighted by Crippen LogP contribution is 2.29. The molecule has 0 bridgehead atoms. The molecule has 1 fully saturated rings. The van der Waals surface area contributed by atoms with Crippen LogP contribution in [-0.2, 0) is 0 Å². The number of rotatable bonds is 6. The quantitative estimate of drug-likeness (QED) is 0.570. The van der Waals surface area contributed by atoms with Gasteiger partial charge in [0.25, 0.3) is 0 Å². The first kappa shape index (κ1) is 21.9. The first-order chi connectivity index (χ1) is 15.6. The normalized spacial score (nSPS) is 14.6. The second-order valence-corrected chi connectivity index (χ2v) is 8.37. The lowest BCUT2D eigenvalue weighted by atomic mass is 9.96. The lowest BCUT2D eigenvalue weighted by Crippen LogP contribution is -2.51. The fraction of sp³-hybridized carbons (Fsp3) is 0.296. The van der Waals surface area contributed by atoms with Crippen LogP contribution in [0.25, 0.3) is 0 Å². The maximum Gasteiger partial charge on any atom is 0.321 e. The SMILES string of the molecule is CC(C)Oc1ccc(NC(=O)N2CCN(C(c3ccccc3)c3ccccc3)CC2)cc1. The summed E-state index contributed by atoms with van der Waals surface area (Å²) in [5, 5.41) is 3.01. The van der Waals surface area contributed by atoms with Crippen molar-refractivity contribution in [3.8, 4) is 5.75 Å². The van der Waals surface area contributed by atoms with E-state index in [-0.39, 0.29) is 18.2 Å². The van der Waals surface area contributed by atoms with E-state index in [9.17, 15) is 4.79 Å². The summed E-state index contributed by atoms with van der Waals surface area (Å²) in [7, 11) is 0. The van der Waals surface area contributed by atoms with Crippen molar-refractivity contribution in [1.82, 2.24) is 9.80 Å². The molecular weight excluding hydrogens is 398 g/mol. The number of piperazine rings is 1. The molecule has 1 N–H and O–H groups in total. The summed E-state index contributed by atoms with van der Waals surface area (Å²) in [4.78, 5) is 17.2. The Bertz CT molecular complexity index is 943. The summed E-state index contributed by atoms with van der Waals surface area (Å²) in [5.41, 5.74) is 3.33. The van der Waals surface area contributed by atoms with Crippen LogP contribution < -0.4 is 10.1 Å². The molecule has 3 aromatic rings. The maximum atomic E-state index is 12.8. The predicted octanol–water partition coefficient (Wildman–Crippen LogP) is 5.41. The Kier molecular flexibility index (Phi) is 7.07. The molecule has 5 nitrogen and oxygen atoms in total. The number of carbonyl (C=O) groups excluding carboxylic acids is 1. The molecule has 1 aliphatic heterocycles. The summed E-state index contributed by atoms with van der Waals surface area (Å²) in [6.07, 6.45) is 0.127. The van der Waals surface area contributed by atoms with Crippen LogP contribution in [-0.4, -0.2) is 48.1 Å². The third kappa shape index (κ3) is 5.48.